The molecule has 0 atom stereocenters. The highest BCUT2D eigenvalue weighted by Gasteiger charge is 2.30. The third kappa shape index (κ3) is 6.49. The first kappa shape index (κ1) is 42.9. The number of hydrogen-bond acceptors (Lipinski definition) is 14. The van der Waals surface area contributed by atoms with Crippen LogP contribution < -0.4 is 0 Å². The van der Waals surface area contributed by atoms with Crippen LogP contribution in [0, 0.1) is 0 Å². The first-order chi connectivity index (χ1) is 34.9. The molecule has 0 aliphatic heterocycles. The summed E-state index contributed by atoms with van der Waals surface area (Å²) in [5.74, 6) is -8.92. The summed E-state index contributed by atoms with van der Waals surface area (Å²) in [5, 5.41) is 110. The number of para-hydroxylation sites is 1. The average Bonchev–Trinajstić information content (AvgIpc) is 3.97. The minimum absolute atomic E-state index is 0.0686. The molecule has 0 radical (unpaired) electrons. The van der Waals surface area contributed by atoms with Crippen LogP contribution in [0.15, 0.2) is 162 Å². The number of phenolic OH excluding ortho intramolecular Hbond substituents is 10. The number of aromatic hydroxyl groups is 10. The molecule has 0 amide bonds. The van der Waals surface area contributed by atoms with Crippen molar-refractivity contribution in [2.75, 3.05) is 0 Å². The van der Waals surface area contributed by atoms with Gasteiger partial charge in [0.05, 0.1) is 27.8 Å². The van der Waals surface area contributed by atoms with Gasteiger partial charge in [0.1, 0.15) is 5.58 Å². The van der Waals surface area contributed by atoms with Gasteiger partial charge in [-0.05, 0) is 58.7 Å². The second-order valence-corrected chi connectivity index (χ2v) is 17.1. The molecule has 0 bridgehead atoms. The molecule has 3 heterocycles. The van der Waals surface area contributed by atoms with E-state index in [-0.39, 0.29) is 11.1 Å². The van der Waals surface area contributed by atoms with E-state index in [1.54, 1.807) is 28.8 Å². The summed E-state index contributed by atoms with van der Waals surface area (Å²) in [7, 11) is 0. The van der Waals surface area contributed by atoms with Gasteiger partial charge in [0.25, 0.3) is 0 Å². The summed E-state index contributed by atoms with van der Waals surface area (Å²) in [6.07, 6.45) is 0. The van der Waals surface area contributed by atoms with Gasteiger partial charge in [-0.3, -0.25) is 0 Å². The standard InChI is InChI=1S/C57H36N4O11/c62-44-41(45(63)49(67)52(70)48(44)66)30-20-23-35-39(25-30)61(37-18-9-17-36(42(35)37)43-46(64)50(68)53(71)51(69)47(43)65)38-19-8-16-34-33-22-21-32(26-40(33)72-54(34)38)57-59-55(28-12-5-2-6-13-28)58-56(60-57)31-15-7-14-29(24-31)27-10-3-1-4-11-27/h1-26,62-71H. The molecule has 72 heavy (non-hydrogen) atoms. The van der Waals surface area contributed by atoms with E-state index in [1.165, 1.54) is 18.2 Å². The van der Waals surface area contributed by atoms with E-state index in [9.17, 15) is 51.1 Å². The van der Waals surface area contributed by atoms with Gasteiger partial charge in [-0.1, -0.05) is 121 Å². The lowest BCUT2D eigenvalue weighted by Gasteiger charge is -2.14. The fourth-order valence-electron chi connectivity index (χ4n) is 9.51. The minimum atomic E-state index is -1.13. The highest BCUT2D eigenvalue weighted by Crippen LogP contribution is 2.58. The van der Waals surface area contributed by atoms with Gasteiger partial charge in [-0.2, -0.15) is 0 Å². The summed E-state index contributed by atoms with van der Waals surface area (Å²) in [4.78, 5) is 14.9. The Hall–Kier alpha value is -10.4. The molecule has 15 heteroatoms. The molecule has 3 aromatic heterocycles. The van der Waals surface area contributed by atoms with Crippen LogP contribution in [0.2, 0.25) is 0 Å². The second-order valence-electron chi connectivity index (χ2n) is 17.1. The van der Waals surface area contributed by atoms with E-state index in [1.807, 2.05) is 115 Å². The van der Waals surface area contributed by atoms with Gasteiger partial charge in [-0.25, -0.2) is 15.0 Å². The van der Waals surface area contributed by atoms with Gasteiger partial charge in [0.15, 0.2) is 46.1 Å². The summed E-state index contributed by atoms with van der Waals surface area (Å²) >= 11 is 0. The number of rotatable bonds is 7. The number of hydrogen-bond donors (Lipinski definition) is 10. The smallest absolute Gasteiger partial charge is 0.208 e. The third-order valence-electron chi connectivity index (χ3n) is 13.0. The Balaban J connectivity index is 1.08. The zero-order valence-electron chi connectivity index (χ0n) is 37.2. The maximum absolute atomic E-state index is 11.2. The molecule has 15 nitrogen and oxygen atoms in total. The van der Waals surface area contributed by atoms with Crippen LogP contribution in [0.1, 0.15) is 0 Å². The van der Waals surface area contributed by atoms with Gasteiger partial charge >= 0.3 is 0 Å². The van der Waals surface area contributed by atoms with E-state index in [2.05, 4.69) is 0 Å². The van der Waals surface area contributed by atoms with Crippen LogP contribution in [-0.4, -0.2) is 70.6 Å². The molecule has 10 N–H and O–H groups in total. The first-order valence-corrected chi connectivity index (χ1v) is 22.3. The van der Waals surface area contributed by atoms with Gasteiger partial charge in [0.2, 0.25) is 34.5 Å². The molecular formula is C57H36N4O11. The molecule has 350 valence electrons. The van der Waals surface area contributed by atoms with Gasteiger partial charge < -0.3 is 60.0 Å². The fraction of sp³-hybridized carbons (Fsp3) is 0. The van der Waals surface area contributed by atoms with Crippen molar-refractivity contribution in [2.45, 2.75) is 0 Å². The van der Waals surface area contributed by atoms with Crippen LogP contribution in [0.4, 0.5) is 0 Å². The second kappa shape index (κ2) is 16.1. The molecule has 12 rings (SSSR count). The quantitative estimate of drug-likeness (QED) is 0.0527. The Bertz CT molecular complexity index is 4170. The highest BCUT2D eigenvalue weighted by molar-refractivity contribution is 6.19. The van der Waals surface area contributed by atoms with E-state index in [0.29, 0.717) is 67.1 Å². The van der Waals surface area contributed by atoms with Gasteiger partial charge in [-0.15, -0.1) is 0 Å². The molecule has 0 unspecified atom stereocenters. The number of furan rings is 1. The van der Waals surface area contributed by atoms with Crippen LogP contribution in [0.5, 0.6) is 57.5 Å². The number of phenols is 10. The maximum atomic E-state index is 11.2. The van der Waals surface area contributed by atoms with Crippen LogP contribution in [-0.2, 0) is 0 Å². The van der Waals surface area contributed by atoms with Crippen molar-refractivity contribution < 1.29 is 55.5 Å². The minimum Gasteiger partial charge on any atom is -0.504 e. The molecule has 0 saturated heterocycles. The molecule has 0 fully saturated rings. The Labute approximate surface area is 405 Å². The molecule has 0 saturated carbocycles. The number of benzene rings is 9. The fourth-order valence-corrected chi connectivity index (χ4v) is 9.51. The third-order valence-corrected chi connectivity index (χ3v) is 13.0. The highest BCUT2D eigenvalue weighted by atomic mass is 16.4. The normalized spacial score (nSPS) is 11.6. The van der Waals surface area contributed by atoms with Crippen molar-refractivity contribution in [3.63, 3.8) is 0 Å². The average molecular weight is 953 g/mol. The monoisotopic (exact) mass is 952 g/mol. The number of nitrogens with zero attached hydrogens (tertiary/aromatic N) is 4. The van der Waals surface area contributed by atoms with Gasteiger partial charge in [0, 0.05) is 38.2 Å². The predicted molar refractivity (Wildman–Crippen MR) is 271 cm³/mol. The van der Waals surface area contributed by atoms with Crippen molar-refractivity contribution in [1.82, 2.24) is 19.5 Å². The summed E-state index contributed by atoms with van der Waals surface area (Å²) in [6.45, 7) is 0. The van der Waals surface area contributed by atoms with Crippen molar-refractivity contribution >= 4 is 43.7 Å². The Morgan fingerprint density at radius 1 is 0.333 bits per heavy atom. The molecular weight excluding hydrogens is 917 g/mol. The molecule has 9 aromatic carbocycles. The van der Waals surface area contributed by atoms with Crippen LogP contribution >= 0.6 is 0 Å². The van der Waals surface area contributed by atoms with Crippen LogP contribution in [0.25, 0.3) is 117 Å². The lowest BCUT2D eigenvalue weighted by Crippen LogP contribution is -2.00. The van der Waals surface area contributed by atoms with Crippen molar-refractivity contribution in [3.05, 3.63) is 158 Å². The van der Waals surface area contributed by atoms with E-state index < -0.39 is 68.6 Å². The SMILES string of the molecule is Oc1c(O)c(O)c(-c2ccc3c4c(-c5c(O)c(O)c(O)c(O)c5O)cccc4n(-c4cccc5c4oc4cc(-c6nc(-c7ccccc7)nc(-c7cccc(-c8ccccc8)c7)n6)ccc45)c3c2)c(O)c1O. The lowest BCUT2D eigenvalue weighted by molar-refractivity contribution is 0.330. The zero-order chi connectivity index (χ0) is 49.7. The van der Waals surface area contributed by atoms with E-state index >= 15 is 0 Å². The predicted octanol–water partition coefficient (Wildman–Crippen LogP) is 11.9. The summed E-state index contributed by atoms with van der Waals surface area (Å²) < 4.78 is 8.60. The largest absolute Gasteiger partial charge is 0.504 e. The van der Waals surface area contributed by atoms with Crippen LogP contribution in [0.3, 0.4) is 0 Å². The Morgan fingerprint density at radius 2 is 0.833 bits per heavy atom. The number of aromatic nitrogens is 4. The lowest BCUT2D eigenvalue weighted by atomic mass is 9.95. The number of fused-ring (bicyclic) bond motifs is 6. The molecule has 12 aromatic rings. The zero-order valence-corrected chi connectivity index (χ0v) is 37.2. The molecule has 0 spiro atoms. The van der Waals surface area contributed by atoms with Crippen molar-refractivity contribution in [1.29, 1.82) is 0 Å². The van der Waals surface area contributed by atoms with E-state index in [0.717, 1.165) is 27.6 Å². The van der Waals surface area contributed by atoms with E-state index in [4.69, 9.17) is 19.4 Å². The van der Waals surface area contributed by atoms with Crippen molar-refractivity contribution in [3.8, 4) is 131 Å². The van der Waals surface area contributed by atoms with Crippen molar-refractivity contribution in [2.24, 2.45) is 0 Å². The Kier molecular flexibility index (Phi) is 9.60. The summed E-state index contributed by atoms with van der Waals surface area (Å²) in [6, 6.07) is 48.2. The molecule has 0 aliphatic rings. The topological polar surface area (TPSA) is 259 Å². The Morgan fingerprint density at radius 3 is 1.49 bits per heavy atom. The molecule has 0 aliphatic carbocycles. The summed E-state index contributed by atoms with van der Waals surface area (Å²) in [5.41, 5.74) is 5.71. The first-order valence-electron chi connectivity index (χ1n) is 22.3. The maximum Gasteiger partial charge on any atom is 0.208 e.